The van der Waals surface area contributed by atoms with Crippen molar-refractivity contribution in [3.8, 4) is 0 Å². The van der Waals surface area contributed by atoms with Crippen molar-refractivity contribution >= 4 is 10.0 Å². The Hall–Kier alpha value is -0.170. The molecule has 1 N–H and O–H groups in total. The van der Waals surface area contributed by atoms with E-state index in [0.29, 0.717) is 0 Å². The van der Waals surface area contributed by atoms with Crippen LogP contribution in [0, 0.1) is 0 Å². The third-order valence-corrected chi connectivity index (χ3v) is 3.79. The Balaban J connectivity index is 4.38. The SMILES string of the molecule is COC(OC)C(C)NS(=O)(=O)C(C)C. The van der Waals surface area contributed by atoms with Crippen LogP contribution in [0.4, 0.5) is 0 Å². The van der Waals surface area contributed by atoms with E-state index in [1.165, 1.54) is 14.2 Å². The first kappa shape index (κ1) is 13.8. The van der Waals surface area contributed by atoms with Crippen molar-refractivity contribution in [3.05, 3.63) is 0 Å². The van der Waals surface area contributed by atoms with E-state index < -0.39 is 27.6 Å². The number of rotatable bonds is 6. The molecule has 0 fully saturated rings. The maximum atomic E-state index is 11.5. The zero-order chi connectivity index (χ0) is 11.4. The molecule has 86 valence electrons. The summed E-state index contributed by atoms with van der Waals surface area (Å²) in [4.78, 5) is 0. The molecule has 5 nitrogen and oxygen atoms in total. The predicted molar refractivity (Wildman–Crippen MR) is 54.5 cm³/mol. The van der Waals surface area contributed by atoms with Gasteiger partial charge in [0, 0.05) is 14.2 Å². The van der Waals surface area contributed by atoms with Gasteiger partial charge in [-0.05, 0) is 20.8 Å². The average molecular weight is 225 g/mol. The molecule has 0 aromatic rings. The fourth-order valence-corrected chi connectivity index (χ4v) is 1.86. The Labute approximate surface area is 85.8 Å². The summed E-state index contributed by atoms with van der Waals surface area (Å²) < 4.78 is 35.3. The van der Waals surface area contributed by atoms with Gasteiger partial charge in [0.15, 0.2) is 6.29 Å². The quantitative estimate of drug-likeness (QED) is 0.661. The number of nitrogens with one attached hydrogen (secondary N) is 1. The van der Waals surface area contributed by atoms with Crippen LogP contribution in [0.25, 0.3) is 0 Å². The normalized spacial score (nSPS) is 15.1. The first-order valence-corrected chi connectivity index (χ1v) is 5.96. The molecule has 0 saturated carbocycles. The van der Waals surface area contributed by atoms with Crippen LogP contribution in [0.5, 0.6) is 0 Å². The number of sulfonamides is 1. The molecule has 0 aliphatic heterocycles. The largest absolute Gasteiger partial charge is 0.354 e. The van der Waals surface area contributed by atoms with Crippen molar-refractivity contribution in [1.82, 2.24) is 4.72 Å². The van der Waals surface area contributed by atoms with Crippen LogP contribution < -0.4 is 4.72 Å². The van der Waals surface area contributed by atoms with Gasteiger partial charge in [0.1, 0.15) is 0 Å². The van der Waals surface area contributed by atoms with Gasteiger partial charge in [0.25, 0.3) is 0 Å². The lowest BCUT2D eigenvalue weighted by Gasteiger charge is -2.22. The number of hydrogen-bond donors (Lipinski definition) is 1. The van der Waals surface area contributed by atoms with E-state index in [0.717, 1.165) is 0 Å². The smallest absolute Gasteiger partial charge is 0.214 e. The molecule has 0 spiro atoms. The highest BCUT2D eigenvalue weighted by molar-refractivity contribution is 7.90. The number of hydrogen-bond acceptors (Lipinski definition) is 4. The predicted octanol–water partition coefficient (Wildman–Crippen LogP) is 0.322. The van der Waals surface area contributed by atoms with E-state index in [4.69, 9.17) is 9.47 Å². The van der Waals surface area contributed by atoms with Gasteiger partial charge in [-0.15, -0.1) is 0 Å². The summed E-state index contributed by atoms with van der Waals surface area (Å²) in [6, 6.07) is -0.405. The molecule has 0 aliphatic rings. The summed E-state index contributed by atoms with van der Waals surface area (Å²) in [7, 11) is -0.339. The van der Waals surface area contributed by atoms with E-state index in [1.807, 2.05) is 0 Å². The molecule has 0 aliphatic carbocycles. The fraction of sp³-hybridized carbons (Fsp3) is 1.00. The van der Waals surface area contributed by atoms with Gasteiger partial charge in [0.2, 0.25) is 10.0 Å². The van der Waals surface area contributed by atoms with Gasteiger partial charge in [-0.2, -0.15) is 0 Å². The van der Waals surface area contributed by atoms with E-state index in [2.05, 4.69) is 4.72 Å². The van der Waals surface area contributed by atoms with Gasteiger partial charge in [-0.3, -0.25) is 0 Å². The molecule has 0 rings (SSSR count). The third-order valence-electron chi connectivity index (χ3n) is 1.84. The Morgan fingerprint density at radius 1 is 1.07 bits per heavy atom. The Kier molecular flexibility index (Phi) is 5.58. The minimum atomic E-state index is -3.27. The van der Waals surface area contributed by atoms with Gasteiger partial charge < -0.3 is 9.47 Å². The summed E-state index contributed by atoms with van der Waals surface area (Å²) >= 11 is 0. The fourth-order valence-electron chi connectivity index (χ4n) is 0.955. The first-order valence-electron chi connectivity index (χ1n) is 4.42. The number of methoxy groups -OCH3 is 2. The van der Waals surface area contributed by atoms with E-state index in [-0.39, 0.29) is 0 Å². The first-order chi connectivity index (χ1) is 6.35. The number of ether oxygens (including phenoxy) is 2. The third kappa shape index (κ3) is 3.91. The van der Waals surface area contributed by atoms with Crippen LogP contribution in [-0.2, 0) is 19.5 Å². The van der Waals surface area contributed by atoms with Crippen molar-refractivity contribution in [1.29, 1.82) is 0 Å². The summed E-state index contributed by atoms with van der Waals surface area (Å²) in [5, 5.41) is -0.459. The van der Waals surface area contributed by atoms with Crippen LogP contribution >= 0.6 is 0 Å². The monoisotopic (exact) mass is 225 g/mol. The zero-order valence-electron chi connectivity index (χ0n) is 9.27. The van der Waals surface area contributed by atoms with Crippen LogP contribution in [0.2, 0.25) is 0 Å². The molecule has 0 aromatic heterocycles. The molecule has 0 radical (unpaired) electrons. The molecule has 1 atom stereocenters. The van der Waals surface area contributed by atoms with Crippen molar-refractivity contribution in [3.63, 3.8) is 0 Å². The lowest BCUT2D eigenvalue weighted by Crippen LogP contribution is -2.45. The minimum absolute atomic E-state index is 0.405. The van der Waals surface area contributed by atoms with Gasteiger partial charge in [-0.1, -0.05) is 0 Å². The van der Waals surface area contributed by atoms with Crippen molar-refractivity contribution < 1.29 is 17.9 Å². The maximum Gasteiger partial charge on any atom is 0.214 e. The van der Waals surface area contributed by atoms with Crippen LogP contribution in [0.3, 0.4) is 0 Å². The second-order valence-corrected chi connectivity index (χ2v) is 5.61. The molecule has 0 bridgehead atoms. The summed E-state index contributed by atoms with van der Waals surface area (Å²) in [6.45, 7) is 4.92. The second kappa shape index (κ2) is 5.65. The van der Waals surface area contributed by atoms with Crippen molar-refractivity contribution in [2.45, 2.75) is 38.4 Å². The molecule has 0 heterocycles. The standard InChI is InChI=1S/C8H19NO4S/c1-6(2)14(10,11)9-7(3)8(12-4)13-5/h6-9H,1-5H3. The highest BCUT2D eigenvalue weighted by Gasteiger charge is 2.24. The Morgan fingerprint density at radius 2 is 1.50 bits per heavy atom. The molecule has 0 aromatic carbocycles. The lowest BCUT2D eigenvalue weighted by molar-refractivity contribution is -0.115. The molecule has 14 heavy (non-hydrogen) atoms. The maximum absolute atomic E-state index is 11.5. The molecule has 1 unspecified atom stereocenters. The van der Waals surface area contributed by atoms with Crippen molar-refractivity contribution in [2.75, 3.05) is 14.2 Å². The Bertz CT molecular complexity index is 246. The molecule has 6 heteroatoms. The second-order valence-electron chi connectivity index (χ2n) is 3.34. The van der Waals surface area contributed by atoms with Crippen LogP contribution in [0.1, 0.15) is 20.8 Å². The summed E-state index contributed by atoms with van der Waals surface area (Å²) in [5.41, 5.74) is 0. The molecule has 0 amide bonds. The average Bonchev–Trinajstić information content (AvgIpc) is 2.05. The lowest BCUT2D eigenvalue weighted by atomic mass is 10.3. The Morgan fingerprint density at radius 3 is 1.79 bits per heavy atom. The molecule has 0 saturated heterocycles. The summed E-state index contributed by atoms with van der Waals surface area (Å²) in [6.07, 6.45) is -0.566. The topological polar surface area (TPSA) is 64.6 Å². The highest BCUT2D eigenvalue weighted by atomic mass is 32.2. The van der Waals surface area contributed by atoms with Crippen molar-refractivity contribution in [2.24, 2.45) is 0 Å². The minimum Gasteiger partial charge on any atom is -0.354 e. The van der Waals surface area contributed by atoms with Gasteiger partial charge in [-0.25, -0.2) is 13.1 Å². The van der Waals surface area contributed by atoms with Gasteiger partial charge in [0.05, 0.1) is 11.3 Å². The van der Waals surface area contributed by atoms with Gasteiger partial charge >= 0.3 is 0 Å². The van der Waals surface area contributed by atoms with E-state index in [9.17, 15) is 8.42 Å². The van der Waals surface area contributed by atoms with E-state index >= 15 is 0 Å². The van der Waals surface area contributed by atoms with Crippen LogP contribution in [0.15, 0.2) is 0 Å². The van der Waals surface area contributed by atoms with Crippen LogP contribution in [-0.4, -0.2) is 40.2 Å². The van der Waals surface area contributed by atoms with E-state index in [1.54, 1.807) is 20.8 Å². The summed E-state index contributed by atoms with van der Waals surface area (Å²) in [5.74, 6) is 0. The zero-order valence-corrected chi connectivity index (χ0v) is 10.1. The highest BCUT2D eigenvalue weighted by Crippen LogP contribution is 2.03. The molecular formula is C8H19NO4S. The molecular weight excluding hydrogens is 206 g/mol.